The molecule has 0 spiro atoms. The lowest BCUT2D eigenvalue weighted by atomic mass is 9.86. The van der Waals surface area contributed by atoms with Crippen LogP contribution in [0.2, 0.25) is 0 Å². The molecular weight excluding hydrogens is 196 g/mol. The molecule has 16 heavy (non-hydrogen) atoms. The third-order valence-corrected chi connectivity index (χ3v) is 6.09. The van der Waals surface area contributed by atoms with Crippen LogP contribution in [-0.2, 0) is 0 Å². The fraction of sp³-hybridized carbons (Fsp3) is 1.00. The van der Waals surface area contributed by atoms with E-state index in [0.29, 0.717) is 0 Å². The molecule has 4 fully saturated rings. The number of hydrogen-bond donors (Lipinski definition) is 2. The van der Waals surface area contributed by atoms with Crippen LogP contribution in [0.3, 0.4) is 0 Å². The highest BCUT2D eigenvalue weighted by Gasteiger charge is 2.51. The van der Waals surface area contributed by atoms with Gasteiger partial charge < -0.3 is 5.73 Å². The van der Waals surface area contributed by atoms with Crippen molar-refractivity contribution in [2.75, 3.05) is 0 Å². The first-order valence-corrected chi connectivity index (χ1v) is 7.29. The molecule has 0 heterocycles. The Bertz CT molecular complexity index is 303. The number of fused-ring (bicyclic) bond motifs is 4. The first kappa shape index (κ1) is 9.90. The van der Waals surface area contributed by atoms with Crippen molar-refractivity contribution in [2.24, 2.45) is 29.4 Å². The Morgan fingerprint density at radius 2 is 1.81 bits per heavy atom. The highest BCUT2D eigenvalue weighted by molar-refractivity contribution is 5.06. The van der Waals surface area contributed by atoms with Gasteiger partial charge in [0.05, 0.1) is 5.66 Å². The Morgan fingerprint density at radius 3 is 2.38 bits per heavy atom. The normalized spacial score (nSPS) is 58.7. The average Bonchev–Trinajstić information content (AvgIpc) is 2.93. The summed E-state index contributed by atoms with van der Waals surface area (Å²) in [5.41, 5.74) is 6.67. The summed E-state index contributed by atoms with van der Waals surface area (Å²) >= 11 is 0. The van der Waals surface area contributed by atoms with Crippen molar-refractivity contribution in [2.45, 2.75) is 63.1 Å². The van der Waals surface area contributed by atoms with Gasteiger partial charge in [-0.2, -0.15) is 0 Å². The van der Waals surface area contributed by atoms with E-state index in [1.165, 1.54) is 51.4 Å². The van der Waals surface area contributed by atoms with Gasteiger partial charge in [0.2, 0.25) is 0 Å². The molecule has 6 atom stereocenters. The van der Waals surface area contributed by atoms with Crippen LogP contribution in [0.15, 0.2) is 0 Å². The van der Waals surface area contributed by atoms with E-state index in [1.54, 1.807) is 0 Å². The largest absolute Gasteiger partial charge is 0.313 e. The molecule has 0 aromatic rings. The maximum Gasteiger partial charge on any atom is 0.0695 e. The molecule has 4 aliphatic rings. The Balaban J connectivity index is 1.47. The molecule has 0 aromatic carbocycles. The van der Waals surface area contributed by atoms with Crippen molar-refractivity contribution >= 4 is 0 Å². The van der Waals surface area contributed by atoms with Crippen LogP contribution in [-0.4, -0.2) is 11.7 Å². The zero-order valence-corrected chi connectivity index (χ0v) is 10.1. The zero-order valence-electron chi connectivity index (χ0n) is 10.1. The van der Waals surface area contributed by atoms with Crippen LogP contribution < -0.4 is 11.1 Å². The van der Waals surface area contributed by atoms with E-state index in [1.807, 2.05) is 0 Å². The maximum atomic E-state index is 6.64. The summed E-state index contributed by atoms with van der Waals surface area (Å²) in [7, 11) is 0. The van der Waals surface area contributed by atoms with Crippen molar-refractivity contribution in [3.05, 3.63) is 0 Å². The fourth-order valence-electron chi connectivity index (χ4n) is 5.32. The first-order valence-electron chi connectivity index (χ1n) is 7.29. The van der Waals surface area contributed by atoms with Crippen molar-refractivity contribution in [1.29, 1.82) is 0 Å². The van der Waals surface area contributed by atoms with E-state index < -0.39 is 0 Å². The van der Waals surface area contributed by atoms with E-state index in [-0.39, 0.29) is 5.66 Å². The highest BCUT2D eigenvalue weighted by Crippen LogP contribution is 2.51. The number of rotatable bonds is 2. The molecule has 4 rings (SSSR count). The lowest BCUT2D eigenvalue weighted by Crippen LogP contribution is -2.61. The van der Waals surface area contributed by atoms with Gasteiger partial charge in [-0.15, -0.1) is 0 Å². The summed E-state index contributed by atoms with van der Waals surface area (Å²) in [6.45, 7) is 0. The van der Waals surface area contributed by atoms with Crippen LogP contribution in [0.4, 0.5) is 0 Å². The molecule has 4 aliphatic carbocycles. The summed E-state index contributed by atoms with van der Waals surface area (Å²) in [4.78, 5) is 0. The number of hydrogen-bond acceptors (Lipinski definition) is 2. The van der Waals surface area contributed by atoms with E-state index in [0.717, 1.165) is 29.7 Å². The third-order valence-electron chi connectivity index (χ3n) is 6.09. The van der Waals surface area contributed by atoms with Crippen LogP contribution >= 0.6 is 0 Å². The standard InChI is InChI=1S/C14H24N2/c15-14(8-10-2-4-12(14)6-10)16-13-7-9-1-3-11(13)5-9/h9-13,16H,1-8,15H2. The van der Waals surface area contributed by atoms with Gasteiger partial charge in [-0.3, -0.25) is 5.32 Å². The molecule has 0 aliphatic heterocycles. The predicted octanol–water partition coefficient (Wildman–Crippen LogP) is 2.24. The van der Waals surface area contributed by atoms with Crippen LogP contribution in [0.5, 0.6) is 0 Å². The molecular formula is C14H24N2. The Morgan fingerprint density at radius 1 is 0.938 bits per heavy atom. The Kier molecular flexibility index (Phi) is 2.00. The van der Waals surface area contributed by atoms with Gasteiger partial charge in [0.1, 0.15) is 0 Å². The van der Waals surface area contributed by atoms with Gasteiger partial charge in [0.25, 0.3) is 0 Å². The molecule has 0 amide bonds. The Hall–Kier alpha value is -0.0800. The van der Waals surface area contributed by atoms with Gasteiger partial charge in [-0.1, -0.05) is 6.42 Å². The second-order valence-corrected chi connectivity index (χ2v) is 7.05. The number of nitrogens with one attached hydrogen (secondary N) is 1. The molecule has 4 saturated carbocycles. The minimum absolute atomic E-state index is 0.0259. The van der Waals surface area contributed by atoms with E-state index in [9.17, 15) is 0 Å². The van der Waals surface area contributed by atoms with Gasteiger partial charge in [-0.25, -0.2) is 0 Å². The van der Waals surface area contributed by atoms with Crippen LogP contribution in [0.25, 0.3) is 0 Å². The van der Waals surface area contributed by atoms with Gasteiger partial charge >= 0.3 is 0 Å². The second kappa shape index (κ2) is 3.23. The molecule has 90 valence electrons. The molecule has 3 N–H and O–H groups in total. The van der Waals surface area contributed by atoms with Gasteiger partial charge in [0.15, 0.2) is 0 Å². The third kappa shape index (κ3) is 1.32. The van der Waals surface area contributed by atoms with Crippen LogP contribution in [0.1, 0.15) is 51.4 Å². The fourth-order valence-corrected chi connectivity index (χ4v) is 5.32. The summed E-state index contributed by atoms with van der Waals surface area (Å²) in [5, 5.41) is 3.89. The highest BCUT2D eigenvalue weighted by atomic mass is 15.2. The minimum atomic E-state index is 0.0259. The zero-order chi connectivity index (χ0) is 10.8. The summed E-state index contributed by atoms with van der Waals surface area (Å²) in [5.74, 6) is 3.73. The van der Waals surface area contributed by atoms with Crippen molar-refractivity contribution in [3.63, 3.8) is 0 Å². The molecule has 0 aromatic heterocycles. The minimum Gasteiger partial charge on any atom is -0.313 e. The smallest absolute Gasteiger partial charge is 0.0695 e. The van der Waals surface area contributed by atoms with Crippen molar-refractivity contribution in [1.82, 2.24) is 5.32 Å². The van der Waals surface area contributed by atoms with Crippen LogP contribution in [0, 0.1) is 23.7 Å². The topological polar surface area (TPSA) is 38.0 Å². The van der Waals surface area contributed by atoms with Crippen molar-refractivity contribution < 1.29 is 0 Å². The predicted molar refractivity (Wildman–Crippen MR) is 64.7 cm³/mol. The summed E-state index contributed by atoms with van der Waals surface area (Å²) in [6.07, 6.45) is 11.4. The second-order valence-electron chi connectivity index (χ2n) is 7.05. The Labute approximate surface area is 98.3 Å². The quantitative estimate of drug-likeness (QED) is 0.700. The molecule has 6 unspecified atom stereocenters. The van der Waals surface area contributed by atoms with Crippen molar-refractivity contribution in [3.8, 4) is 0 Å². The summed E-state index contributed by atoms with van der Waals surface area (Å²) in [6, 6.07) is 0.767. The monoisotopic (exact) mass is 220 g/mol. The average molecular weight is 220 g/mol. The lowest BCUT2D eigenvalue weighted by Gasteiger charge is -2.39. The summed E-state index contributed by atoms with van der Waals surface area (Å²) < 4.78 is 0. The molecule has 0 saturated heterocycles. The molecule has 2 heteroatoms. The van der Waals surface area contributed by atoms with Gasteiger partial charge in [0, 0.05) is 6.04 Å². The first-order chi connectivity index (χ1) is 7.73. The number of nitrogens with two attached hydrogens (primary N) is 1. The van der Waals surface area contributed by atoms with Gasteiger partial charge in [-0.05, 0) is 68.6 Å². The maximum absolute atomic E-state index is 6.64. The van der Waals surface area contributed by atoms with E-state index in [4.69, 9.17) is 5.73 Å². The van der Waals surface area contributed by atoms with E-state index >= 15 is 0 Å². The molecule has 0 radical (unpaired) electrons. The molecule has 2 nitrogen and oxygen atoms in total. The lowest BCUT2D eigenvalue weighted by molar-refractivity contribution is 0.168. The SMILES string of the molecule is NC1(NC2CC3CCC2C3)CC2CCC1C2. The van der Waals surface area contributed by atoms with E-state index in [2.05, 4.69) is 5.32 Å². The molecule has 4 bridgehead atoms.